The van der Waals surface area contributed by atoms with Crippen molar-refractivity contribution in [1.29, 1.82) is 0 Å². The molecule has 0 fully saturated rings. The van der Waals surface area contributed by atoms with E-state index in [2.05, 4.69) is 4.57 Å². The highest BCUT2D eigenvalue weighted by Gasteiger charge is 2.13. The summed E-state index contributed by atoms with van der Waals surface area (Å²) in [4.78, 5) is 10.7. The van der Waals surface area contributed by atoms with E-state index < -0.39 is 0 Å². The predicted molar refractivity (Wildman–Crippen MR) is 52.6 cm³/mol. The van der Waals surface area contributed by atoms with Gasteiger partial charge in [0.05, 0.1) is 5.56 Å². The van der Waals surface area contributed by atoms with Crippen LogP contribution in [-0.4, -0.2) is 10.5 Å². The molecule has 0 unspecified atom stereocenters. The van der Waals surface area contributed by atoms with E-state index in [9.17, 15) is 4.79 Å². The summed E-state index contributed by atoms with van der Waals surface area (Å²) in [5.41, 5.74) is 7.00. The summed E-state index contributed by atoms with van der Waals surface area (Å²) in [6.45, 7) is 5.03. The van der Waals surface area contributed by atoms with Gasteiger partial charge in [-0.15, -0.1) is 0 Å². The van der Waals surface area contributed by atoms with Crippen LogP contribution in [0.2, 0.25) is 0 Å². The smallest absolute Gasteiger partial charge is 0.250 e. The molecule has 2 N–H and O–H groups in total. The van der Waals surface area contributed by atoms with Crippen molar-refractivity contribution >= 4 is 5.91 Å². The SMILES string of the molecule is CC.NC(=O)c1cc2n(c1)CCC2. The number of hydrogen-bond acceptors (Lipinski definition) is 1. The summed E-state index contributed by atoms with van der Waals surface area (Å²) in [6, 6.07) is 1.88. The highest BCUT2D eigenvalue weighted by atomic mass is 16.1. The van der Waals surface area contributed by atoms with Gasteiger partial charge in [0.25, 0.3) is 0 Å². The molecule has 0 radical (unpaired) electrons. The molecule has 0 atom stereocenters. The summed E-state index contributed by atoms with van der Waals surface area (Å²) < 4.78 is 2.10. The Kier molecular flexibility index (Phi) is 3.12. The number of aromatic nitrogens is 1. The maximum Gasteiger partial charge on any atom is 0.250 e. The minimum Gasteiger partial charge on any atom is -0.366 e. The molecule has 3 nitrogen and oxygen atoms in total. The highest BCUT2D eigenvalue weighted by Crippen LogP contribution is 2.17. The number of nitrogens with zero attached hydrogens (tertiary/aromatic N) is 1. The third kappa shape index (κ3) is 1.91. The number of hydrogen-bond donors (Lipinski definition) is 1. The zero-order valence-electron chi connectivity index (χ0n) is 8.21. The van der Waals surface area contributed by atoms with Gasteiger partial charge < -0.3 is 10.3 Å². The Hall–Kier alpha value is -1.25. The first-order valence-electron chi connectivity index (χ1n) is 4.76. The number of carbonyl (C=O) groups is 1. The number of amides is 1. The van der Waals surface area contributed by atoms with Gasteiger partial charge in [0.15, 0.2) is 0 Å². The predicted octanol–water partition coefficient (Wildman–Crippen LogP) is 1.56. The van der Waals surface area contributed by atoms with Crippen molar-refractivity contribution in [2.75, 3.05) is 0 Å². The zero-order valence-corrected chi connectivity index (χ0v) is 8.21. The van der Waals surface area contributed by atoms with Crippen LogP contribution in [0.4, 0.5) is 0 Å². The van der Waals surface area contributed by atoms with E-state index in [1.807, 2.05) is 26.1 Å². The Bertz CT molecular complexity index is 280. The molecule has 1 amide bonds. The summed E-state index contributed by atoms with van der Waals surface area (Å²) >= 11 is 0. The van der Waals surface area contributed by atoms with Crippen molar-refractivity contribution in [2.24, 2.45) is 5.73 Å². The molecule has 1 aromatic rings. The van der Waals surface area contributed by atoms with Crippen LogP contribution in [0.1, 0.15) is 36.3 Å². The van der Waals surface area contributed by atoms with Crippen LogP contribution >= 0.6 is 0 Å². The van der Waals surface area contributed by atoms with E-state index in [4.69, 9.17) is 5.73 Å². The fraction of sp³-hybridized carbons (Fsp3) is 0.500. The summed E-state index contributed by atoms with van der Waals surface area (Å²) in [5.74, 6) is -0.327. The second-order valence-electron chi connectivity index (χ2n) is 2.88. The largest absolute Gasteiger partial charge is 0.366 e. The molecule has 0 aliphatic carbocycles. The van der Waals surface area contributed by atoms with E-state index in [1.54, 1.807) is 0 Å². The van der Waals surface area contributed by atoms with Crippen LogP contribution in [0.3, 0.4) is 0 Å². The third-order valence-electron chi connectivity index (χ3n) is 2.10. The first kappa shape index (κ1) is 9.84. The minimum absolute atomic E-state index is 0.327. The molecule has 0 aromatic carbocycles. The van der Waals surface area contributed by atoms with Crippen molar-refractivity contribution in [2.45, 2.75) is 33.2 Å². The number of carbonyl (C=O) groups excluding carboxylic acids is 1. The number of rotatable bonds is 1. The number of aryl methyl sites for hydroxylation is 2. The van der Waals surface area contributed by atoms with Crippen molar-refractivity contribution in [3.8, 4) is 0 Å². The Labute approximate surface area is 78.5 Å². The van der Waals surface area contributed by atoms with Crippen LogP contribution in [0, 0.1) is 0 Å². The van der Waals surface area contributed by atoms with Gasteiger partial charge in [-0.2, -0.15) is 0 Å². The molecule has 0 bridgehead atoms. The first-order chi connectivity index (χ1) is 6.27. The molecule has 72 valence electrons. The topological polar surface area (TPSA) is 48.0 Å². The molecular formula is C10H16N2O. The summed E-state index contributed by atoms with van der Waals surface area (Å²) in [7, 11) is 0. The van der Waals surface area contributed by atoms with Gasteiger partial charge in [0, 0.05) is 18.4 Å². The van der Waals surface area contributed by atoms with E-state index in [0.717, 1.165) is 13.0 Å². The number of fused-ring (bicyclic) bond motifs is 1. The van der Waals surface area contributed by atoms with Crippen LogP contribution in [0.25, 0.3) is 0 Å². The lowest BCUT2D eigenvalue weighted by molar-refractivity contribution is 0.1000. The Morgan fingerprint density at radius 1 is 1.54 bits per heavy atom. The van der Waals surface area contributed by atoms with Gasteiger partial charge in [0.2, 0.25) is 5.91 Å². The highest BCUT2D eigenvalue weighted by molar-refractivity contribution is 5.92. The van der Waals surface area contributed by atoms with E-state index in [1.165, 1.54) is 12.1 Å². The molecule has 0 spiro atoms. The minimum atomic E-state index is -0.327. The summed E-state index contributed by atoms with van der Waals surface area (Å²) in [6.07, 6.45) is 4.10. The van der Waals surface area contributed by atoms with E-state index in [0.29, 0.717) is 5.56 Å². The van der Waals surface area contributed by atoms with Gasteiger partial charge >= 0.3 is 0 Å². The second-order valence-corrected chi connectivity index (χ2v) is 2.88. The van der Waals surface area contributed by atoms with Crippen molar-refractivity contribution in [3.63, 3.8) is 0 Å². The average Bonchev–Trinajstić information content (AvgIpc) is 2.65. The Morgan fingerprint density at radius 3 is 2.77 bits per heavy atom. The van der Waals surface area contributed by atoms with Gasteiger partial charge in [-0.05, 0) is 18.9 Å². The van der Waals surface area contributed by atoms with Gasteiger partial charge in [-0.1, -0.05) is 13.8 Å². The second kappa shape index (κ2) is 4.12. The maximum absolute atomic E-state index is 10.7. The van der Waals surface area contributed by atoms with Crippen molar-refractivity contribution in [3.05, 3.63) is 23.5 Å². The quantitative estimate of drug-likeness (QED) is 0.700. The maximum atomic E-state index is 10.7. The van der Waals surface area contributed by atoms with E-state index >= 15 is 0 Å². The Balaban J connectivity index is 0.000000396. The van der Waals surface area contributed by atoms with Crippen LogP contribution < -0.4 is 5.73 Å². The molecule has 1 aromatic heterocycles. The lowest BCUT2D eigenvalue weighted by Gasteiger charge is -1.91. The molecule has 13 heavy (non-hydrogen) atoms. The van der Waals surface area contributed by atoms with Crippen LogP contribution in [0.5, 0.6) is 0 Å². The molecule has 2 heterocycles. The molecule has 2 rings (SSSR count). The fourth-order valence-electron chi connectivity index (χ4n) is 1.54. The lowest BCUT2D eigenvalue weighted by Crippen LogP contribution is -2.09. The first-order valence-corrected chi connectivity index (χ1v) is 4.76. The lowest BCUT2D eigenvalue weighted by atomic mass is 10.2. The van der Waals surface area contributed by atoms with E-state index in [-0.39, 0.29) is 5.91 Å². The standard InChI is InChI=1S/C8H10N2O.C2H6/c9-8(11)6-4-7-2-1-3-10(7)5-6;1-2/h4-5H,1-3H2,(H2,9,11);1-2H3. The molecule has 1 aliphatic heterocycles. The van der Waals surface area contributed by atoms with Gasteiger partial charge in [-0.25, -0.2) is 0 Å². The monoisotopic (exact) mass is 180 g/mol. The van der Waals surface area contributed by atoms with Crippen LogP contribution in [-0.2, 0) is 13.0 Å². The molecule has 0 saturated heterocycles. The Morgan fingerprint density at radius 2 is 2.23 bits per heavy atom. The molecule has 1 aliphatic rings. The molecular weight excluding hydrogens is 164 g/mol. The summed E-state index contributed by atoms with van der Waals surface area (Å²) in [5, 5.41) is 0. The van der Waals surface area contributed by atoms with Crippen molar-refractivity contribution in [1.82, 2.24) is 4.57 Å². The molecule has 0 saturated carbocycles. The fourth-order valence-corrected chi connectivity index (χ4v) is 1.54. The van der Waals surface area contributed by atoms with Gasteiger partial charge in [-0.3, -0.25) is 4.79 Å². The average molecular weight is 180 g/mol. The number of primary amides is 1. The zero-order chi connectivity index (χ0) is 9.84. The third-order valence-corrected chi connectivity index (χ3v) is 2.10. The van der Waals surface area contributed by atoms with Crippen LogP contribution in [0.15, 0.2) is 12.3 Å². The molecule has 3 heteroatoms. The van der Waals surface area contributed by atoms with Gasteiger partial charge in [0.1, 0.15) is 0 Å². The normalized spacial score (nSPS) is 13.1. The number of nitrogens with two attached hydrogens (primary N) is 1. The van der Waals surface area contributed by atoms with Crippen molar-refractivity contribution < 1.29 is 4.79 Å².